The summed E-state index contributed by atoms with van der Waals surface area (Å²) < 4.78 is 0. The maximum absolute atomic E-state index is 13.0. The Bertz CT molecular complexity index is 896. The lowest BCUT2D eigenvalue weighted by atomic mass is 10.1. The number of thiocarbonyl (C=S) groups is 1. The van der Waals surface area contributed by atoms with E-state index >= 15 is 0 Å². The maximum atomic E-state index is 13.0. The van der Waals surface area contributed by atoms with Gasteiger partial charge >= 0.3 is 0 Å². The van der Waals surface area contributed by atoms with Gasteiger partial charge in [-0.25, -0.2) is 0 Å². The summed E-state index contributed by atoms with van der Waals surface area (Å²) in [4.78, 5) is 27.5. The van der Waals surface area contributed by atoms with Crippen LogP contribution in [0.4, 0.5) is 5.69 Å². The average molecular weight is 356 g/mol. The van der Waals surface area contributed by atoms with Crippen molar-refractivity contribution in [3.63, 3.8) is 0 Å². The number of amides is 2. The van der Waals surface area contributed by atoms with Gasteiger partial charge in [0.2, 0.25) is 0 Å². The first-order valence-corrected chi connectivity index (χ1v) is 8.70. The molecule has 2 aromatic rings. The number of nitrogens with one attached hydrogen (secondary N) is 1. The Hall–Kier alpha value is -2.31. The molecule has 1 N–H and O–H groups in total. The van der Waals surface area contributed by atoms with Crippen LogP contribution in [0.25, 0.3) is 6.08 Å². The van der Waals surface area contributed by atoms with Crippen LogP contribution in [0.3, 0.4) is 0 Å². The van der Waals surface area contributed by atoms with Crippen molar-refractivity contribution in [1.82, 2.24) is 5.32 Å². The molecule has 0 atom stereocenters. The number of rotatable bonds is 2. The van der Waals surface area contributed by atoms with E-state index < -0.39 is 11.8 Å². The monoisotopic (exact) mass is 356 g/mol. The molecule has 2 heterocycles. The lowest BCUT2D eigenvalue weighted by molar-refractivity contribution is -0.122. The molecule has 122 valence electrons. The minimum atomic E-state index is -0.459. The Morgan fingerprint density at radius 2 is 1.88 bits per heavy atom. The van der Waals surface area contributed by atoms with Gasteiger partial charge in [0.1, 0.15) is 5.57 Å². The molecule has 1 aromatic carbocycles. The van der Waals surface area contributed by atoms with Crippen LogP contribution >= 0.6 is 23.6 Å². The van der Waals surface area contributed by atoms with Crippen LogP contribution in [-0.2, 0) is 9.59 Å². The minimum Gasteiger partial charge on any atom is -0.298 e. The number of carbonyl (C=O) groups is 2. The summed E-state index contributed by atoms with van der Waals surface area (Å²) in [6, 6.07) is 7.75. The molecule has 1 aromatic heterocycles. The summed E-state index contributed by atoms with van der Waals surface area (Å²) in [5.74, 6) is -0.857. The fourth-order valence-electron chi connectivity index (χ4n) is 2.50. The van der Waals surface area contributed by atoms with Crippen molar-refractivity contribution >= 4 is 52.2 Å². The molecule has 0 saturated carbocycles. The highest BCUT2D eigenvalue weighted by molar-refractivity contribution is 7.80. The summed E-state index contributed by atoms with van der Waals surface area (Å²) in [5.41, 5.74) is 3.75. The molecule has 24 heavy (non-hydrogen) atoms. The molecule has 0 radical (unpaired) electrons. The van der Waals surface area contributed by atoms with Crippen LogP contribution in [0.5, 0.6) is 0 Å². The molecule has 0 spiro atoms. The van der Waals surface area contributed by atoms with Crippen LogP contribution in [0, 0.1) is 20.8 Å². The maximum Gasteiger partial charge on any atom is 0.270 e. The molecular weight excluding hydrogens is 340 g/mol. The lowest BCUT2D eigenvalue weighted by Gasteiger charge is -2.30. The topological polar surface area (TPSA) is 49.4 Å². The van der Waals surface area contributed by atoms with Gasteiger partial charge in [0.15, 0.2) is 5.11 Å². The van der Waals surface area contributed by atoms with Crippen molar-refractivity contribution in [3.8, 4) is 0 Å². The lowest BCUT2D eigenvalue weighted by Crippen LogP contribution is -2.54. The number of hydrogen-bond donors (Lipinski definition) is 1. The number of nitrogens with zero attached hydrogens (tertiary/aromatic N) is 1. The highest BCUT2D eigenvalue weighted by Crippen LogP contribution is 2.27. The van der Waals surface area contributed by atoms with E-state index in [-0.39, 0.29) is 10.7 Å². The second-order valence-electron chi connectivity index (χ2n) is 5.72. The molecule has 0 bridgehead atoms. The fraction of sp³-hybridized carbons (Fsp3) is 0.167. The summed E-state index contributed by atoms with van der Waals surface area (Å²) in [7, 11) is 0. The van der Waals surface area contributed by atoms with Crippen LogP contribution in [0.15, 0.2) is 35.2 Å². The number of anilines is 1. The Morgan fingerprint density at radius 1 is 1.12 bits per heavy atom. The Kier molecular flexibility index (Phi) is 4.34. The molecule has 6 heteroatoms. The average Bonchev–Trinajstić information content (AvgIpc) is 2.92. The van der Waals surface area contributed by atoms with E-state index in [9.17, 15) is 9.59 Å². The summed E-state index contributed by atoms with van der Waals surface area (Å²) in [6.07, 6.45) is 1.64. The van der Waals surface area contributed by atoms with Crippen molar-refractivity contribution < 1.29 is 9.59 Å². The van der Waals surface area contributed by atoms with E-state index in [1.807, 2.05) is 50.4 Å². The van der Waals surface area contributed by atoms with Gasteiger partial charge in [-0.15, -0.1) is 11.3 Å². The predicted molar refractivity (Wildman–Crippen MR) is 101 cm³/mol. The van der Waals surface area contributed by atoms with E-state index in [1.54, 1.807) is 6.08 Å². The number of benzene rings is 1. The summed E-state index contributed by atoms with van der Waals surface area (Å²) in [5, 5.41) is 4.66. The van der Waals surface area contributed by atoms with Gasteiger partial charge in [-0.05, 0) is 73.3 Å². The largest absolute Gasteiger partial charge is 0.298 e. The highest BCUT2D eigenvalue weighted by atomic mass is 32.1. The van der Waals surface area contributed by atoms with Gasteiger partial charge < -0.3 is 0 Å². The normalized spacial score (nSPS) is 16.7. The van der Waals surface area contributed by atoms with Gasteiger partial charge in [-0.3, -0.25) is 19.8 Å². The van der Waals surface area contributed by atoms with Gasteiger partial charge in [0.25, 0.3) is 11.8 Å². The zero-order valence-electron chi connectivity index (χ0n) is 13.5. The van der Waals surface area contributed by atoms with Crippen LogP contribution < -0.4 is 10.2 Å². The summed E-state index contributed by atoms with van der Waals surface area (Å²) in [6.45, 7) is 5.81. The van der Waals surface area contributed by atoms with Crippen molar-refractivity contribution in [2.24, 2.45) is 0 Å². The van der Waals surface area contributed by atoms with Crippen LogP contribution in [-0.4, -0.2) is 16.9 Å². The third kappa shape index (κ3) is 2.90. The summed E-state index contributed by atoms with van der Waals surface area (Å²) >= 11 is 6.73. The SMILES string of the molecule is Cc1ccc(C)c(N2C(=O)/C(=C/c3sccc3C)C(=O)NC2=S)c1. The van der Waals surface area contributed by atoms with E-state index in [2.05, 4.69) is 5.32 Å². The highest BCUT2D eigenvalue weighted by Gasteiger charge is 2.35. The molecule has 1 saturated heterocycles. The quantitative estimate of drug-likeness (QED) is 0.509. The zero-order valence-corrected chi connectivity index (χ0v) is 15.2. The van der Waals surface area contributed by atoms with Crippen molar-refractivity contribution in [2.45, 2.75) is 20.8 Å². The number of thiophene rings is 1. The first kappa shape index (κ1) is 16.5. The first-order chi connectivity index (χ1) is 11.4. The van der Waals surface area contributed by atoms with E-state index in [1.165, 1.54) is 16.2 Å². The molecule has 1 fully saturated rings. The molecule has 1 aliphatic rings. The predicted octanol–water partition coefficient (Wildman–Crippen LogP) is 3.50. The smallest absolute Gasteiger partial charge is 0.270 e. The fourth-order valence-corrected chi connectivity index (χ4v) is 3.63. The van der Waals surface area contributed by atoms with E-state index in [0.29, 0.717) is 5.69 Å². The molecule has 0 aliphatic carbocycles. The zero-order chi connectivity index (χ0) is 17.4. The third-order valence-corrected chi connectivity index (χ3v) is 5.13. The van der Waals surface area contributed by atoms with E-state index in [4.69, 9.17) is 12.2 Å². The Labute approximate surface area is 149 Å². The molecule has 4 nitrogen and oxygen atoms in total. The minimum absolute atomic E-state index is 0.0926. The van der Waals surface area contributed by atoms with Gasteiger partial charge in [0.05, 0.1) is 5.69 Å². The second kappa shape index (κ2) is 6.30. The van der Waals surface area contributed by atoms with Crippen LogP contribution in [0.2, 0.25) is 0 Å². The Morgan fingerprint density at radius 3 is 2.54 bits per heavy atom. The standard InChI is InChI=1S/C18H16N2O2S2/c1-10-4-5-11(2)14(8-10)20-17(22)13(16(21)19-18(20)23)9-15-12(3)6-7-24-15/h4-9H,1-3H3,(H,19,21,23)/b13-9+. The molecular formula is C18H16N2O2S2. The Balaban J connectivity index is 2.08. The molecule has 1 aliphatic heterocycles. The molecule has 3 rings (SSSR count). The van der Waals surface area contributed by atoms with E-state index in [0.717, 1.165) is 21.6 Å². The van der Waals surface area contributed by atoms with Gasteiger partial charge in [-0.1, -0.05) is 12.1 Å². The number of carbonyl (C=O) groups excluding carboxylic acids is 2. The molecule has 0 unspecified atom stereocenters. The van der Waals surface area contributed by atoms with Crippen molar-refractivity contribution in [3.05, 3.63) is 56.8 Å². The molecule has 2 amide bonds. The van der Waals surface area contributed by atoms with Gasteiger partial charge in [0, 0.05) is 4.88 Å². The van der Waals surface area contributed by atoms with Gasteiger partial charge in [-0.2, -0.15) is 0 Å². The third-order valence-electron chi connectivity index (χ3n) is 3.88. The second-order valence-corrected chi connectivity index (χ2v) is 7.05. The first-order valence-electron chi connectivity index (χ1n) is 7.41. The van der Waals surface area contributed by atoms with Crippen molar-refractivity contribution in [2.75, 3.05) is 4.90 Å². The van der Waals surface area contributed by atoms with Crippen molar-refractivity contribution in [1.29, 1.82) is 0 Å². The van der Waals surface area contributed by atoms with Crippen LogP contribution in [0.1, 0.15) is 21.6 Å². The number of hydrogen-bond acceptors (Lipinski definition) is 4. The number of aryl methyl sites for hydroxylation is 3.